The average molecular weight is 579 g/mol. The molecule has 0 saturated carbocycles. The SMILES string of the molecule is Cn1ccnc1-c1ccccn1.Cn1ccnc1-c1ccccn1.Cn1ccnc1-c1ccccn1.[Ru+]. The van der Waals surface area contributed by atoms with E-state index in [1.165, 1.54) is 0 Å². The first-order valence-electron chi connectivity index (χ1n) is 11.3. The van der Waals surface area contributed by atoms with E-state index in [0.29, 0.717) is 0 Å². The van der Waals surface area contributed by atoms with E-state index in [4.69, 9.17) is 0 Å². The Morgan fingerprint density at radius 3 is 0.892 bits per heavy atom. The molecule has 0 atom stereocenters. The molecule has 0 spiro atoms. The van der Waals surface area contributed by atoms with Crippen molar-refractivity contribution in [3.05, 3.63) is 110 Å². The number of hydrogen-bond acceptors (Lipinski definition) is 6. The van der Waals surface area contributed by atoms with E-state index in [-0.39, 0.29) is 19.5 Å². The molecule has 0 bridgehead atoms. The minimum atomic E-state index is 0. The van der Waals surface area contributed by atoms with Crippen LogP contribution in [-0.4, -0.2) is 43.6 Å². The normalized spacial score (nSPS) is 9.81. The van der Waals surface area contributed by atoms with Gasteiger partial charge in [-0.15, -0.1) is 0 Å². The molecular weight excluding hydrogens is 551 g/mol. The molecule has 6 rings (SSSR count). The fourth-order valence-electron chi connectivity index (χ4n) is 3.32. The Kier molecular flexibility index (Phi) is 10.1. The van der Waals surface area contributed by atoms with Crippen LogP contribution in [0.2, 0.25) is 0 Å². The summed E-state index contributed by atoms with van der Waals surface area (Å²) in [7, 11) is 5.87. The van der Waals surface area contributed by atoms with E-state index >= 15 is 0 Å². The summed E-state index contributed by atoms with van der Waals surface area (Å²) >= 11 is 0. The van der Waals surface area contributed by atoms with E-state index in [0.717, 1.165) is 34.6 Å². The first kappa shape index (κ1) is 27.3. The first-order valence-corrected chi connectivity index (χ1v) is 11.3. The Hall–Kier alpha value is -4.30. The molecule has 187 valence electrons. The minimum absolute atomic E-state index is 0. The summed E-state index contributed by atoms with van der Waals surface area (Å²) in [5.74, 6) is 2.70. The van der Waals surface area contributed by atoms with Gasteiger partial charge >= 0.3 is 19.5 Å². The topological polar surface area (TPSA) is 92.1 Å². The predicted molar refractivity (Wildman–Crippen MR) is 139 cm³/mol. The van der Waals surface area contributed by atoms with E-state index in [9.17, 15) is 0 Å². The molecule has 0 fully saturated rings. The fraction of sp³-hybridized carbons (Fsp3) is 0.111. The molecule has 6 aromatic heterocycles. The van der Waals surface area contributed by atoms with Crippen LogP contribution in [0.3, 0.4) is 0 Å². The van der Waals surface area contributed by atoms with Gasteiger partial charge < -0.3 is 13.7 Å². The molecular formula is C27H27N9Ru+. The number of rotatable bonds is 3. The van der Waals surface area contributed by atoms with E-state index in [2.05, 4.69) is 29.9 Å². The maximum Gasteiger partial charge on any atom is 1.00 e. The second-order valence-electron chi connectivity index (χ2n) is 7.73. The van der Waals surface area contributed by atoms with Crippen molar-refractivity contribution in [2.45, 2.75) is 0 Å². The quantitative estimate of drug-likeness (QED) is 0.288. The van der Waals surface area contributed by atoms with Gasteiger partial charge in [0.1, 0.15) is 17.1 Å². The standard InChI is InChI=1S/3C9H9N3.Ru/c3*1-12-7-6-11-9(12)8-4-2-3-5-10-8;/h3*2-7H,1H3;/q;;;+1. The Bertz CT molecular complexity index is 1280. The van der Waals surface area contributed by atoms with Crippen LogP contribution < -0.4 is 0 Å². The number of hydrogen-bond donors (Lipinski definition) is 0. The molecule has 1 radical (unpaired) electrons. The van der Waals surface area contributed by atoms with Crippen molar-refractivity contribution in [3.8, 4) is 34.6 Å². The predicted octanol–water partition coefficient (Wildman–Crippen LogP) is 4.44. The number of nitrogens with zero attached hydrogens (tertiary/aromatic N) is 9. The van der Waals surface area contributed by atoms with Gasteiger partial charge in [-0.1, -0.05) is 18.2 Å². The smallest absolute Gasteiger partial charge is 0.333 e. The van der Waals surface area contributed by atoms with Crippen LogP contribution >= 0.6 is 0 Å². The van der Waals surface area contributed by atoms with Crippen molar-refractivity contribution in [1.82, 2.24) is 43.6 Å². The molecule has 0 amide bonds. The Morgan fingerprint density at radius 2 is 0.703 bits per heavy atom. The molecule has 10 heteroatoms. The van der Waals surface area contributed by atoms with Gasteiger partial charge in [-0.05, 0) is 36.4 Å². The maximum absolute atomic E-state index is 4.20. The van der Waals surface area contributed by atoms with Gasteiger partial charge in [0.15, 0.2) is 17.5 Å². The molecule has 6 aromatic rings. The molecule has 0 aliphatic rings. The Labute approximate surface area is 228 Å². The summed E-state index contributed by atoms with van der Waals surface area (Å²) < 4.78 is 5.84. The number of imidazole rings is 3. The van der Waals surface area contributed by atoms with Gasteiger partial charge in [0, 0.05) is 76.9 Å². The summed E-state index contributed by atoms with van der Waals surface area (Å²) in [4.78, 5) is 25.2. The number of aromatic nitrogens is 9. The molecule has 6 heterocycles. The zero-order valence-corrected chi connectivity index (χ0v) is 22.5. The summed E-state index contributed by atoms with van der Waals surface area (Å²) in [5, 5.41) is 0. The minimum Gasteiger partial charge on any atom is -0.333 e. The fourth-order valence-corrected chi connectivity index (χ4v) is 3.32. The average Bonchev–Trinajstić information content (AvgIpc) is 3.67. The van der Waals surface area contributed by atoms with Crippen LogP contribution in [0.1, 0.15) is 0 Å². The van der Waals surface area contributed by atoms with Crippen molar-refractivity contribution in [1.29, 1.82) is 0 Å². The number of pyridine rings is 3. The van der Waals surface area contributed by atoms with Crippen molar-refractivity contribution in [2.75, 3.05) is 0 Å². The second-order valence-corrected chi connectivity index (χ2v) is 7.73. The van der Waals surface area contributed by atoms with Gasteiger partial charge in [-0.25, -0.2) is 15.0 Å². The third-order valence-corrected chi connectivity index (χ3v) is 5.15. The van der Waals surface area contributed by atoms with Gasteiger partial charge in [-0.3, -0.25) is 15.0 Å². The molecule has 0 aliphatic heterocycles. The molecule has 0 unspecified atom stereocenters. The third kappa shape index (κ3) is 7.35. The van der Waals surface area contributed by atoms with E-state index in [1.54, 1.807) is 37.2 Å². The summed E-state index contributed by atoms with van der Waals surface area (Å²) in [5.41, 5.74) is 2.72. The van der Waals surface area contributed by atoms with Crippen LogP contribution in [0.4, 0.5) is 0 Å². The van der Waals surface area contributed by atoms with Gasteiger partial charge in [0.2, 0.25) is 0 Å². The first-order chi connectivity index (χ1) is 17.6. The zero-order valence-electron chi connectivity index (χ0n) is 20.8. The second kappa shape index (κ2) is 13.7. The third-order valence-electron chi connectivity index (χ3n) is 5.15. The monoisotopic (exact) mass is 579 g/mol. The maximum atomic E-state index is 4.20. The van der Waals surface area contributed by atoms with Crippen LogP contribution in [0.15, 0.2) is 110 Å². The van der Waals surface area contributed by atoms with E-state index in [1.807, 2.05) is 108 Å². The number of aryl methyl sites for hydroxylation is 3. The van der Waals surface area contributed by atoms with Crippen molar-refractivity contribution >= 4 is 0 Å². The van der Waals surface area contributed by atoms with Crippen LogP contribution in [0.5, 0.6) is 0 Å². The van der Waals surface area contributed by atoms with Crippen molar-refractivity contribution in [2.24, 2.45) is 21.1 Å². The van der Waals surface area contributed by atoms with Crippen LogP contribution in [0.25, 0.3) is 34.6 Å². The summed E-state index contributed by atoms with van der Waals surface area (Å²) in [6.45, 7) is 0. The summed E-state index contributed by atoms with van der Waals surface area (Å²) in [6.07, 6.45) is 16.3. The van der Waals surface area contributed by atoms with Crippen molar-refractivity contribution in [3.63, 3.8) is 0 Å². The van der Waals surface area contributed by atoms with Crippen LogP contribution in [0, 0.1) is 0 Å². The molecule has 0 aromatic carbocycles. The Morgan fingerprint density at radius 1 is 0.405 bits per heavy atom. The van der Waals surface area contributed by atoms with Gasteiger partial charge in [-0.2, -0.15) is 0 Å². The van der Waals surface area contributed by atoms with Crippen molar-refractivity contribution < 1.29 is 19.5 Å². The Balaban J connectivity index is 0.000000152. The molecule has 0 saturated heterocycles. The van der Waals surface area contributed by atoms with Gasteiger partial charge in [0.05, 0.1) is 0 Å². The van der Waals surface area contributed by atoms with Crippen LogP contribution in [-0.2, 0) is 40.6 Å². The molecule has 0 N–H and O–H groups in total. The zero-order chi connectivity index (χ0) is 25.2. The van der Waals surface area contributed by atoms with E-state index < -0.39 is 0 Å². The van der Waals surface area contributed by atoms with Gasteiger partial charge in [0.25, 0.3) is 0 Å². The molecule has 9 nitrogen and oxygen atoms in total. The summed E-state index contributed by atoms with van der Waals surface area (Å²) in [6, 6.07) is 17.4. The molecule has 0 aliphatic carbocycles. The largest absolute Gasteiger partial charge is 1.00 e. The molecule has 37 heavy (non-hydrogen) atoms.